The molecule has 5 heteroatoms. The van der Waals surface area contributed by atoms with Crippen LogP contribution in [-0.4, -0.2) is 44.2 Å². The maximum absolute atomic E-state index is 12.6. The van der Waals surface area contributed by atoms with Gasteiger partial charge in [0.25, 0.3) is 0 Å². The number of nitrogens with one attached hydrogen (secondary N) is 1. The van der Waals surface area contributed by atoms with Crippen molar-refractivity contribution in [2.24, 2.45) is 5.92 Å². The van der Waals surface area contributed by atoms with Gasteiger partial charge in [-0.15, -0.1) is 0 Å². The molecule has 0 aromatic heterocycles. The molecule has 0 saturated carbocycles. The van der Waals surface area contributed by atoms with E-state index in [4.69, 9.17) is 0 Å². The van der Waals surface area contributed by atoms with Crippen LogP contribution in [0.5, 0.6) is 0 Å². The third kappa shape index (κ3) is 3.92. The Hall–Kier alpha value is -0.130. The summed E-state index contributed by atoms with van der Waals surface area (Å²) in [7, 11) is -3.08. The zero-order chi connectivity index (χ0) is 13.7. The fraction of sp³-hybridized carbons (Fsp3) is 1.00. The second kappa shape index (κ2) is 7.04. The van der Waals surface area contributed by atoms with Crippen LogP contribution in [0.25, 0.3) is 0 Å². The number of hydrogen-bond donors (Lipinski definition) is 1. The highest BCUT2D eigenvalue weighted by molar-refractivity contribution is 7.89. The van der Waals surface area contributed by atoms with Crippen LogP contribution in [0.4, 0.5) is 0 Å². The lowest BCUT2D eigenvalue weighted by molar-refractivity contribution is 0.386. The van der Waals surface area contributed by atoms with E-state index in [9.17, 15) is 8.42 Å². The Bertz CT molecular complexity index is 364. The maximum Gasteiger partial charge on any atom is 0.218 e. The van der Waals surface area contributed by atoms with E-state index in [0.717, 1.165) is 51.2 Å². The minimum absolute atomic E-state index is 0.191. The van der Waals surface area contributed by atoms with E-state index in [1.165, 1.54) is 19.3 Å². The zero-order valence-electron chi connectivity index (χ0n) is 12.1. The average molecular weight is 288 g/mol. The summed E-state index contributed by atoms with van der Waals surface area (Å²) in [6, 6.07) is 0. The molecule has 2 saturated heterocycles. The monoisotopic (exact) mass is 288 g/mol. The third-order valence-electron chi connectivity index (χ3n) is 4.54. The van der Waals surface area contributed by atoms with Crippen molar-refractivity contribution < 1.29 is 8.42 Å². The third-order valence-corrected chi connectivity index (χ3v) is 6.87. The Labute approximate surface area is 118 Å². The van der Waals surface area contributed by atoms with Crippen LogP contribution in [0.15, 0.2) is 0 Å². The fourth-order valence-electron chi connectivity index (χ4n) is 3.38. The van der Waals surface area contributed by atoms with Gasteiger partial charge in [-0.05, 0) is 44.6 Å². The molecule has 2 heterocycles. The van der Waals surface area contributed by atoms with Crippen molar-refractivity contribution in [2.45, 2.75) is 57.1 Å². The predicted molar refractivity (Wildman–Crippen MR) is 78.6 cm³/mol. The van der Waals surface area contributed by atoms with Crippen molar-refractivity contribution in [3.63, 3.8) is 0 Å². The van der Waals surface area contributed by atoms with Crippen LogP contribution < -0.4 is 5.32 Å². The molecule has 0 radical (unpaired) electrons. The Morgan fingerprint density at radius 2 is 2.00 bits per heavy atom. The fourth-order valence-corrected chi connectivity index (χ4v) is 5.33. The number of nitrogens with zero attached hydrogens (tertiary/aromatic N) is 1. The van der Waals surface area contributed by atoms with Gasteiger partial charge in [0.1, 0.15) is 0 Å². The van der Waals surface area contributed by atoms with Gasteiger partial charge in [-0.25, -0.2) is 12.7 Å². The molecule has 0 spiro atoms. The minimum Gasteiger partial charge on any atom is -0.315 e. The highest BCUT2D eigenvalue weighted by Crippen LogP contribution is 2.25. The van der Waals surface area contributed by atoms with Crippen LogP contribution in [0, 0.1) is 5.92 Å². The van der Waals surface area contributed by atoms with Gasteiger partial charge in [-0.1, -0.05) is 19.8 Å². The summed E-state index contributed by atoms with van der Waals surface area (Å²) in [5.41, 5.74) is 0. The molecule has 19 heavy (non-hydrogen) atoms. The first-order chi connectivity index (χ1) is 9.14. The van der Waals surface area contributed by atoms with Gasteiger partial charge in [-0.2, -0.15) is 0 Å². The molecular formula is C14H28N2O2S. The Morgan fingerprint density at radius 1 is 1.16 bits per heavy atom. The molecule has 2 rings (SSSR count). The first kappa shape index (κ1) is 15.3. The van der Waals surface area contributed by atoms with Crippen molar-refractivity contribution in [1.82, 2.24) is 9.62 Å². The van der Waals surface area contributed by atoms with Crippen LogP contribution in [0.3, 0.4) is 0 Å². The van der Waals surface area contributed by atoms with E-state index in [1.807, 2.05) is 0 Å². The largest absolute Gasteiger partial charge is 0.315 e. The molecule has 2 unspecified atom stereocenters. The molecule has 0 aromatic rings. The summed E-state index contributed by atoms with van der Waals surface area (Å²) >= 11 is 0. The molecule has 0 aliphatic carbocycles. The Morgan fingerprint density at radius 3 is 2.68 bits per heavy atom. The van der Waals surface area contributed by atoms with Gasteiger partial charge in [0.2, 0.25) is 10.0 Å². The summed E-state index contributed by atoms with van der Waals surface area (Å²) in [6.07, 6.45) is 7.54. The smallest absolute Gasteiger partial charge is 0.218 e. The van der Waals surface area contributed by atoms with E-state index >= 15 is 0 Å². The number of piperidine rings is 1. The molecule has 2 fully saturated rings. The minimum atomic E-state index is -3.08. The highest BCUT2D eigenvalue weighted by atomic mass is 32.2. The lowest BCUT2D eigenvalue weighted by Crippen LogP contribution is -2.46. The second-order valence-corrected chi connectivity index (χ2v) is 8.21. The Balaban J connectivity index is 1.96. The first-order valence-corrected chi connectivity index (χ1v) is 9.34. The molecule has 0 aromatic carbocycles. The van der Waals surface area contributed by atoms with Gasteiger partial charge in [0, 0.05) is 19.6 Å². The van der Waals surface area contributed by atoms with Crippen LogP contribution in [0.1, 0.15) is 51.9 Å². The first-order valence-electron chi connectivity index (χ1n) is 7.84. The SMILES string of the molecule is CCCC1CCCN(S(=O)(=O)C2CCCNC2)CC1. The molecule has 1 N–H and O–H groups in total. The van der Waals surface area contributed by atoms with Gasteiger partial charge in [0.15, 0.2) is 0 Å². The van der Waals surface area contributed by atoms with Gasteiger partial charge >= 0.3 is 0 Å². The summed E-state index contributed by atoms with van der Waals surface area (Å²) < 4.78 is 27.1. The van der Waals surface area contributed by atoms with Gasteiger partial charge in [0.05, 0.1) is 5.25 Å². The average Bonchev–Trinajstić information content (AvgIpc) is 2.66. The lowest BCUT2D eigenvalue weighted by Gasteiger charge is -2.29. The molecule has 0 amide bonds. The van der Waals surface area contributed by atoms with E-state index in [-0.39, 0.29) is 5.25 Å². The molecule has 2 aliphatic rings. The molecule has 112 valence electrons. The van der Waals surface area contributed by atoms with E-state index in [1.54, 1.807) is 4.31 Å². The molecule has 4 nitrogen and oxygen atoms in total. The van der Waals surface area contributed by atoms with E-state index in [2.05, 4.69) is 12.2 Å². The van der Waals surface area contributed by atoms with Crippen LogP contribution in [0.2, 0.25) is 0 Å². The van der Waals surface area contributed by atoms with Crippen molar-refractivity contribution in [1.29, 1.82) is 0 Å². The number of rotatable bonds is 4. The molecule has 0 bridgehead atoms. The second-order valence-electron chi connectivity index (χ2n) is 6.00. The van der Waals surface area contributed by atoms with Crippen LogP contribution in [-0.2, 0) is 10.0 Å². The van der Waals surface area contributed by atoms with Crippen molar-refractivity contribution >= 4 is 10.0 Å². The molecule has 2 aliphatic heterocycles. The maximum atomic E-state index is 12.6. The standard InChI is InChI=1S/C14H28N2O2S/c1-2-5-13-6-4-10-16(11-8-13)19(17,18)14-7-3-9-15-12-14/h13-15H,2-12H2,1H3. The van der Waals surface area contributed by atoms with E-state index in [0.29, 0.717) is 6.54 Å². The lowest BCUT2D eigenvalue weighted by atomic mass is 9.96. The predicted octanol–water partition coefficient (Wildman–Crippen LogP) is 1.97. The topological polar surface area (TPSA) is 49.4 Å². The summed E-state index contributed by atoms with van der Waals surface area (Å²) in [5.74, 6) is 0.731. The van der Waals surface area contributed by atoms with Gasteiger partial charge in [-0.3, -0.25) is 0 Å². The number of sulfonamides is 1. The quantitative estimate of drug-likeness (QED) is 0.860. The summed E-state index contributed by atoms with van der Waals surface area (Å²) in [6.45, 7) is 5.29. The molecular weight excluding hydrogens is 260 g/mol. The van der Waals surface area contributed by atoms with Crippen LogP contribution >= 0.6 is 0 Å². The van der Waals surface area contributed by atoms with Crippen molar-refractivity contribution in [3.05, 3.63) is 0 Å². The Kier molecular flexibility index (Phi) is 5.66. The van der Waals surface area contributed by atoms with Crippen molar-refractivity contribution in [3.8, 4) is 0 Å². The van der Waals surface area contributed by atoms with Gasteiger partial charge < -0.3 is 5.32 Å². The molecule has 2 atom stereocenters. The number of hydrogen-bond acceptors (Lipinski definition) is 3. The van der Waals surface area contributed by atoms with E-state index < -0.39 is 10.0 Å². The normalized spacial score (nSPS) is 31.0. The highest BCUT2D eigenvalue weighted by Gasteiger charge is 2.33. The zero-order valence-corrected chi connectivity index (χ0v) is 12.9. The summed E-state index contributed by atoms with van der Waals surface area (Å²) in [5, 5.41) is 3.03. The summed E-state index contributed by atoms with van der Waals surface area (Å²) in [4.78, 5) is 0. The van der Waals surface area contributed by atoms with Crippen molar-refractivity contribution in [2.75, 3.05) is 26.2 Å².